The number of hydrogen-bond donors (Lipinski definition) is 1. The van der Waals surface area contributed by atoms with Gasteiger partial charge < -0.3 is 5.32 Å². The van der Waals surface area contributed by atoms with Crippen LogP contribution in [0.5, 0.6) is 0 Å². The summed E-state index contributed by atoms with van der Waals surface area (Å²) in [5.41, 5.74) is 0.781. The van der Waals surface area contributed by atoms with Crippen LogP contribution in [0.1, 0.15) is 18.9 Å². The molecule has 1 amide bonds. The van der Waals surface area contributed by atoms with Gasteiger partial charge in [-0.05, 0) is 18.9 Å². The first-order valence-electron chi connectivity index (χ1n) is 7.14. The van der Waals surface area contributed by atoms with Gasteiger partial charge in [-0.15, -0.1) is 10.2 Å². The SMILES string of the molecule is CCCSc1nnc(SCC(=O)Nc2c(C)cccc2[N+](=O)[O-])s1. The van der Waals surface area contributed by atoms with Crippen LogP contribution in [0.3, 0.4) is 0 Å². The Morgan fingerprint density at radius 1 is 1.33 bits per heavy atom. The van der Waals surface area contributed by atoms with Gasteiger partial charge in [0.25, 0.3) is 5.69 Å². The molecule has 24 heavy (non-hydrogen) atoms. The molecular formula is C14H16N4O3S3. The van der Waals surface area contributed by atoms with Gasteiger partial charge in [0.05, 0.1) is 10.7 Å². The molecule has 1 N–H and O–H groups in total. The molecule has 0 saturated carbocycles. The molecule has 1 heterocycles. The number of aryl methyl sites for hydroxylation is 1. The van der Waals surface area contributed by atoms with Gasteiger partial charge in [-0.2, -0.15) is 0 Å². The lowest BCUT2D eigenvalue weighted by molar-refractivity contribution is -0.384. The molecule has 10 heteroatoms. The number of aromatic nitrogens is 2. The standard InChI is InChI=1S/C14H16N4O3S3/c1-3-7-22-13-16-17-14(24-13)23-8-11(19)15-12-9(2)5-4-6-10(12)18(20)21/h4-6H,3,7-8H2,1-2H3,(H,15,19). The Morgan fingerprint density at radius 3 is 2.71 bits per heavy atom. The number of anilines is 1. The van der Waals surface area contributed by atoms with Crippen molar-refractivity contribution in [1.29, 1.82) is 0 Å². The smallest absolute Gasteiger partial charge is 0.293 e. The molecule has 2 rings (SSSR count). The number of carbonyl (C=O) groups excluding carboxylic acids is 1. The fourth-order valence-corrected chi connectivity index (χ4v) is 4.52. The lowest BCUT2D eigenvalue weighted by Crippen LogP contribution is -2.16. The van der Waals surface area contributed by atoms with Crippen molar-refractivity contribution in [2.24, 2.45) is 0 Å². The van der Waals surface area contributed by atoms with E-state index >= 15 is 0 Å². The molecule has 1 aromatic carbocycles. The highest BCUT2D eigenvalue weighted by molar-refractivity contribution is 8.03. The van der Waals surface area contributed by atoms with E-state index in [4.69, 9.17) is 0 Å². The van der Waals surface area contributed by atoms with Crippen LogP contribution >= 0.6 is 34.9 Å². The first kappa shape index (κ1) is 18.7. The quantitative estimate of drug-likeness (QED) is 0.417. The number of rotatable bonds is 8. The van der Waals surface area contributed by atoms with E-state index in [1.807, 2.05) is 0 Å². The van der Waals surface area contributed by atoms with Crippen molar-refractivity contribution in [3.8, 4) is 0 Å². The monoisotopic (exact) mass is 384 g/mol. The van der Waals surface area contributed by atoms with Gasteiger partial charge in [0.1, 0.15) is 5.69 Å². The largest absolute Gasteiger partial charge is 0.319 e. The fourth-order valence-electron chi connectivity index (χ4n) is 1.77. The third kappa shape index (κ3) is 5.18. The van der Waals surface area contributed by atoms with Crippen molar-refractivity contribution in [2.75, 3.05) is 16.8 Å². The predicted molar refractivity (Wildman–Crippen MR) is 98.1 cm³/mol. The summed E-state index contributed by atoms with van der Waals surface area (Å²) >= 11 is 4.36. The highest BCUT2D eigenvalue weighted by Crippen LogP contribution is 2.30. The molecule has 0 aliphatic rings. The Labute approximate surface area is 151 Å². The number of nitro benzene ring substituents is 1. The molecule has 0 atom stereocenters. The van der Waals surface area contributed by atoms with Gasteiger partial charge >= 0.3 is 0 Å². The van der Waals surface area contributed by atoms with E-state index in [1.165, 1.54) is 29.2 Å². The van der Waals surface area contributed by atoms with Crippen molar-refractivity contribution < 1.29 is 9.72 Å². The van der Waals surface area contributed by atoms with Gasteiger partial charge in [0.2, 0.25) is 5.91 Å². The summed E-state index contributed by atoms with van der Waals surface area (Å²) in [6, 6.07) is 4.68. The number of nitrogens with one attached hydrogen (secondary N) is 1. The van der Waals surface area contributed by atoms with E-state index in [2.05, 4.69) is 22.4 Å². The summed E-state index contributed by atoms with van der Waals surface area (Å²) in [5.74, 6) is 0.797. The maximum absolute atomic E-state index is 12.1. The van der Waals surface area contributed by atoms with Gasteiger partial charge in [0.15, 0.2) is 8.68 Å². The molecule has 128 valence electrons. The third-order valence-corrected chi connectivity index (χ3v) is 6.25. The van der Waals surface area contributed by atoms with E-state index in [0.29, 0.717) is 9.90 Å². The zero-order chi connectivity index (χ0) is 17.5. The van der Waals surface area contributed by atoms with Crippen LogP contribution < -0.4 is 5.32 Å². The van der Waals surface area contributed by atoms with Crippen molar-refractivity contribution >= 4 is 52.1 Å². The van der Waals surface area contributed by atoms with Gasteiger partial charge in [-0.1, -0.05) is 53.9 Å². The maximum atomic E-state index is 12.1. The summed E-state index contributed by atoms with van der Waals surface area (Å²) in [6.45, 7) is 3.82. The number of para-hydroxylation sites is 1. The van der Waals surface area contributed by atoms with Crippen LogP contribution in [0.2, 0.25) is 0 Å². The summed E-state index contributed by atoms with van der Waals surface area (Å²) in [5, 5.41) is 21.8. The minimum Gasteiger partial charge on any atom is -0.319 e. The number of amides is 1. The average molecular weight is 385 g/mol. The van der Waals surface area contributed by atoms with Gasteiger partial charge in [0, 0.05) is 11.8 Å². The molecule has 0 unspecified atom stereocenters. The number of thioether (sulfide) groups is 2. The molecule has 0 aliphatic carbocycles. The highest BCUT2D eigenvalue weighted by atomic mass is 32.2. The lowest BCUT2D eigenvalue weighted by Gasteiger charge is -2.08. The number of hydrogen-bond acceptors (Lipinski definition) is 8. The third-order valence-electron chi connectivity index (χ3n) is 2.86. The van der Waals surface area contributed by atoms with Crippen LogP contribution in [0.4, 0.5) is 11.4 Å². The van der Waals surface area contributed by atoms with E-state index in [-0.39, 0.29) is 23.0 Å². The second-order valence-corrected chi connectivity index (χ2v) is 8.29. The van der Waals surface area contributed by atoms with Crippen LogP contribution in [-0.4, -0.2) is 32.5 Å². The topological polar surface area (TPSA) is 98.0 Å². The predicted octanol–water partition coefficient (Wildman–Crippen LogP) is 3.99. The van der Waals surface area contributed by atoms with Gasteiger partial charge in [-0.25, -0.2) is 0 Å². The molecule has 1 aromatic heterocycles. The van der Waals surface area contributed by atoms with Crippen molar-refractivity contribution in [1.82, 2.24) is 10.2 Å². The Balaban J connectivity index is 1.94. The number of nitrogens with zero attached hydrogens (tertiary/aromatic N) is 3. The van der Waals surface area contributed by atoms with Crippen molar-refractivity contribution in [3.05, 3.63) is 33.9 Å². The molecular weight excluding hydrogens is 368 g/mol. The maximum Gasteiger partial charge on any atom is 0.293 e. The molecule has 0 saturated heterocycles. The molecule has 0 radical (unpaired) electrons. The molecule has 0 bridgehead atoms. The minimum absolute atomic E-state index is 0.109. The first-order chi connectivity index (χ1) is 11.5. The van der Waals surface area contributed by atoms with Crippen LogP contribution in [0.15, 0.2) is 26.9 Å². The van der Waals surface area contributed by atoms with Crippen LogP contribution in [0, 0.1) is 17.0 Å². The molecule has 7 nitrogen and oxygen atoms in total. The number of nitro groups is 1. The van der Waals surface area contributed by atoms with Crippen LogP contribution in [0.25, 0.3) is 0 Å². The summed E-state index contributed by atoms with van der Waals surface area (Å²) in [7, 11) is 0. The second kappa shape index (κ2) is 9.00. The highest BCUT2D eigenvalue weighted by Gasteiger charge is 2.18. The Kier molecular flexibility index (Phi) is 7.00. The average Bonchev–Trinajstić information content (AvgIpc) is 3.00. The first-order valence-corrected chi connectivity index (χ1v) is 9.93. The summed E-state index contributed by atoms with van der Waals surface area (Å²) < 4.78 is 1.59. The van der Waals surface area contributed by atoms with Crippen LogP contribution in [-0.2, 0) is 4.79 Å². The fraction of sp³-hybridized carbons (Fsp3) is 0.357. The normalized spacial score (nSPS) is 10.6. The number of carbonyl (C=O) groups is 1. The summed E-state index contributed by atoms with van der Waals surface area (Å²) in [4.78, 5) is 22.6. The summed E-state index contributed by atoms with van der Waals surface area (Å²) in [6.07, 6.45) is 1.06. The van der Waals surface area contributed by atoms with E-state index in [1.54, 1.807) is 30.8 Å². The molecule has 0 aliphatic heterocycles. The van der Waals surface area contributed by atoms with Crippen molar-refractivity contribution in [2.45, 2.75) is 28.9 Å². The Hall–Kier alpha value is -1.65. The lowest BCUT2D eigenvalue weighted by atomic mass is 10.1. The molecule has 2 aromatic rings. The Morgan fingerprint density at radius 2 is 2.04 bits per heavy atom. The minimum atomic E-state index is -0.502. The molecule has 0 spiro atoms. The van der Waals surface area contributed by atoms with E-state index in [9.17, 15) is 14.9 Å². The molecule has 0 fully saturated rings. The zero-order valence-electron chi connectivity index (χ0n) is 13.1. The Bertz CT molecular complexity index is 736. The van der Waals surface area contributed by atoms with E-state index < -0.39 is 4.92 Å². The number of benzene rings is 1. The van der Waals surface area contributed by atoms with Crippen molar-refractivity contribution in [3.63, 3.8) is 0 Å². The van der Waals surface area contributed by atoms with Gasteiger partial charge in [-0.3, -0.25) is 14.9 Å². The van der Waals surface area contributed by atoms with E-state index in [0.717, 1.165) is 16.5 Å². The second-order valence-electron chi connectivity index (χ2n) is 4.75. The zero-order valence-corrected chi connectivity index (χ0v) is 15.6.